The number of amides is 3. The van der Waals surface area contributed by atoms with Crippen molar-refractivity contribution in [2.45, 2.75) is 6.92 Å². The summed E-state index contributed by atoms with van der Waals surface area (Å²) in [4.78, 5) is 26.8. The average Bonchev–Trinajstić information content (AvgIpc) is 2.40. The number of pyridine rings is 1. The first-order chi connectivity index (χ1) is 9.95. The summed E-state index contributed by atoms with van der Waals surface area (Å²) in [5.74, 6) is -0.358. The molecular weight excluding hydrogens is 292 g/mol. The zero-order chi connectivity index (χ0) is 15.4. The smallest absolute Gasteiger partial charge is 0.316 e. The van der Waals surface area contributed by atoms with Crippen molar-refractivity contribution in [1.82, 2.24) is 4.98 Å². The van der Waals surface area contributed by atoms with Gasteiger partial charge in [-0.15, -0.1) is 0 Å². The van der Waals surface area contributed by atoms with Crippen LogP contribution in [-0.2, 0) is 0 Å². The molecule has 0 aliphatic carbocycles. The minimum Gasteiger partial charge on any atom is -0.351 e. The number of urea groups is 1. The summed E-state index contributed by atoms with van der Waals surface area (Å²) in [6.07, 6.45) is 1.43. The second kappa shape index (κ2) is 6.23. The van der Waals surface area contributed by atoms with E-state index in [9.17, 15) is 9.59 Å². The maximum Gasteiger partial charge on any atom is 0.316 e. The molecule has 7 heteroatoms. The number of rotatable bonds is 3. The number of aromatic nitrogens is 1. The van der Waals surface area contributed by atoms with Gasteiger partial charge in [0.15, 0.2) is 0 Å². The highest BCUT2D eigenvalue weighted by Gasteiger charge is 2.11. The molecule has 0 aliphatic rings. The molecule has 0 saturated carbocycles. The third-order valence-corrected chi connectivity index (χ3v) is 2.96. The fourth-order valence-corrected chi connectivity index (χ4v) is 1.96. The standard InChI is InChI=1S/C14H13ClN4O2/c1-8-6-12(15)11(7-17-8)13(20)18-9-2-4-10(5-3-9)19-14(16)21/h2-7H,1H3,(H,18,20)(H3,16,19,21). The van der Waals surface area contributed by atoms with Crippen LogP contribution in [-0.4, -0.2) is 16.9 Å². The van der Waals surface area contributed by atoms with Crippen LogP contribution < -0.4 is 16.4 Å². The Labute approximate surface area is 126 Å². The monoisotopic (exact) mass is 304 g/mol. The normalized spacial score (nSPS) is 10.0. The van der Waals surface area contributed by atoms with E-state index in [1.54, 1.807) is 37.3 Å². The van der Waals surface area contributed by atoms with Gasteiger partial charge in [-0.25, -0.2) is 4.79 Å². The van der Waals surface area contributed by atoms with Crippen LogP contribution in [0.5, 0.6) is 0 Å². The van der Waals surface area contributed by atoms with Crippen LogP contribution in [0.15, 0.2) is 36.5 Å². The van der Waals surface area contributed by atoms with Gasteiger partial charge < -0.3 is 16.4 Å². The van der Waals surface area contributed by atoms with Gasteiger partial charge in [-0.05, 0) is 37.3 Å². The molecule has 0 saturated heterocycles. The fraction of sp³-hybridized carbons (Fsp3) is 0.0714. The van der Waals surface area contributed by atoms with Crippen molar-refractivity contribution in [1.29, 1.82) is 0 Å². The topological polar surface area (TPSA) is 97.1 Å². The molecule has 6 nitrogen and oxygen atoms in total. The highest BCUT2D eigenvalue weighted by molar-refractivity contribution is 6.34. The lowest BCUT2D eigenvalue weighted by molar-refractivity contribution is 0.102. The zero-order valence-corrected chi connectivity index (χ0v) is 11.9. The molecule has 4 N–H and O–H groups in total. The van der Waals surface area contributed by atoms with E-state index in [0.717, 1.165) is 5.69 Å². The average molecular weight is 305 g/mol. The lowest BCUT2D eigenvalue weighted by atomic mass is 10.2. The summed E-state index contributed by atoms with van der Waals surface area (Å²) in [6.45, 7) is 1.79. The molecule has 0 radical (unpaired) electrons. The Balaban J connectivity index is 2.10. The van der Waals surface area contributed by atoms with Crippen molar-refractivity contribution in [3.05, 3.63) is 52.8 Å². The molecule has 2 aromatic rings. The Morgan fingerprint density at radius 2 is 1.71 bits per heavy atom. The molecule has 2 rings (SSSR count). The van der Waals surface area contributed by atoms with Crippen molar-refractivity contribution in [2.75, 3.05) is 10.6 Å². The molecule has 0 fully saturated rings. The predicted molar refractivity (Wildman–Crippen MR) is 81.6 cm³/mol. The van der Waals surface area contributed by atoms with E-state index < -0.39 is 6.03 Å². The van der Waals surface area contributed by atoms with E-state index in [0.29, 0.717) is 22.0 Å². The van der Waals surface area contributed by atoms with Crippen molar-refractivity contribution in [3.8, 4) is 0 Å². The minimum absolute atomic E-state index is 0.293. The number of nitrogens with one attached hydrogen (secondary N) is 2. The largest absolute Gasteiger partial charge is 0.351 e. The van der Waals surface area contributed by atoms with Gasteiger partial charge in [0, 0.05) is 23.3 Å². The number of benzene rings is 1. The molecule has 21 heavy (non-hydrogen) atoms. The van der Waals surface area contributed by atoms with Crippen molar-refractivity contribution in [3.63, 3.8) is 0 Å². The zero-order valence-electron chi connectivity index (χ0n) is 11.2. The Morgan fingerprint density at radius 3 is 2.24 bits per heavy atom. The van der Waals surface area contributed by atoms with Crippen molar-refractivity contribution >= 4 is 34.9 Å². The molecular formula is C14H13ClN4O2. The van der Waals surface area contributed by atoms with E-state index in [-0.39, 0.29) is 5.91 Å². The molecule has 0 spiro atoms. The molecule has 1 heterocycles. The molecule has 0 atom stereocenters. The van der Waals surface area contributed by atoms with Crippen LogP contribution in [0.1, 0.15) is 16.1 Å². The van der Waals surface area contributed by atoms with Gasteiger partial charge in [0.25, 0.3) is 5.91 Å². The van der Waals surface area contributed by atoms with Gasteiger partial charge in [0.2, 0.25) is 0 Å². The van der Waals surface area contributed by atoms with Crippen LogP contribution in [0.4, 0.5) is 16.2 Å². The van der Waals surface area contributed by atoms with E-state index >= 15 is 0 Å². The second-order valence-electron chi connectivity index (χ2n) is 4.33. The number of nitrogens with two attached hydrogens (primary N) is 1. The summed E-state index contributed by atoms with van der Waals surface area (Å²) in [6, 6.07) is 7.49. The van der Waals surface area contributed by atoms with E-state index in [4.69, 9.17) is 17.3 Å². The number of aryl methyl sites for hydroxylation is 1. The summed E-state index contributed by atoms with van der Waals surface area (Å²) in [5.41, 5.74) is 7.13. The van der Waals surface area contributed by atoms with Gasteiger partial charge in [-0.2, -0.15) is 0 Å². The number of hydrogen-bond donors (Lipinski definition) is 3. The maximum absolute atomic E-state index is 12.1. The number of carbonyl (C=O) groups is 2. The Morgan fingerprint density at radius 1 is 1.14 bits per heavy atom. The Bertz CT molecular complexity index is 686. The quantitative estimate of drug-likeness (QED) is 0.813. The number of carbonyl (C=O) groups excluding carboxylic acids is 2. The fourth-order valence-electron chi connectivity index (χ4n) is 1.67. The van der Waals surface area contributed by atoms with Gasteiger partial charge in [0.05, 0.1) is 10.6 Å². The Hall–Kier alpha value is -2.60. The first-order valence-corrected chi connectivity index (χ1v) is 6.43. The minimum atomic E-state index is -0.649. The third kappa shape index (κ3) is 3.93. The van der Waals surface area contributed by atoms with Gasteiger partial charge in [-0.1, -0.05) is 11.6 Å². The Kier molecular flexibility index (Phi) is 4.39. The molecule has 3 amide bonds. The van der Waals surface area contributed by atoms with E-state index in [1.807, 2.05) is 0 Å². The molecule has 0 bridgehead atoms. The number of hydrogen-bond acceptors (Lipinski definition) is 3. The third-order valence-electron chi connectivity index (χ3n) is 2.65. The summed E-state index contributed by atoms with van der Waals surface area (Å²) in [7, 11) is 0. The molecule has 0 aliphatic heterocycles. The molecule has 1 aromatic carbocycles. The highest BCUT2D eigenvalue weighted by atomic mass is 35.5. The number of nitrogens with zero attached hydrogens (tertiary/aromatic N) is 1. The first-order valence-electron chi connectivity index (χ1n) is 6.06. The van der Waals surface area contributed by atoms with Crippen LogP contribution in [0.2, 0.25) is 5.02 Å². The van der Waals surface area contributed by atoms with Crippen LogP contribution in [0, 0.1) is 6.92 Å². The lowest BCUT2D eigenvalue weighted by Gasteiger charge is -2.08. The maximum atomic E-state index is 12.1. The summed E-state index contributed by atoms with van der Waals surface area (Å²) >= 11 is 6.01. The van der Waals surface area contributed by atoms with Crippen LogP contribution in [0.25, 0.3) is 0 Å². The molecule has 1 aromatic heterocycles. The van der Waals surface area contributed by atoms with Gasteiger partial charge >= 0.3 is 6.03 Å². The van der Waals surface area contributed by atoms with Gasteiger partial charge in [-0.3, -0.25) is 9.78 Å². The van der Waals surface area contributed by atoms with Crippen molar-refractivity contribution < 1.29 is 9.59 Å². The summed E-state index contributed by atoms with van der Waals surface area (Å²) < 4.78 is 0. The second-order valence-corrected chi connectivity index (χ2v) is 4.73. The van der Waals surface area contributed by atoms with Crippen LogP contribution in [0.3, 0.4) is 0 Å². The summed E-state index contributed by atoms with van der Waals surface area (Å²) in [5, 5.41) is 5.46. The van der Waals surface area contributed by atoms with Crippen LogP contribution >= 0.6 is 11.6 Å². The van der Waals surface area contributed by atoms with Gasteiger partial charge in [0.1, 0.15) is 0 Å². The highest BCUT2D eigenvalue weighted by Crippen LogP contribution is 2.19. The van der Waals surface area contributed by atoms with Crippen molar-refractivity contribution in [2.24, 2.45) is 5.73 Å². The number of halogens is 1. The lowest BCUT2D eigenvalue weighted by Crippen LogP contribution is -2.19. The van der Waals surface area contributed by atoms with E-state index in [2.05, 4.69) is 15.6 Å². The number of primary amides is 1. The SMILES string of the molecule is Cc1cc(Cl)c(C(=O)Nc2ccc(NC(N)=O)cc2)cn1. The first kappa shape index (κ1) is 14.8. The molecule has 108 valence electrons. The predicted octanol–water partition coefficient (Wildman–Crippen LogP) is 2.79. The number of anilines is 2. The van der Waals surface area contributed by atoms with E-state index in [1.165, 1.54) is 6.20 Å². The molecule has 0 unspecified atom stereocenters.